The highest BCUT2D eigenvalue weighted by molar-refractivity contribution is 6.22. The van der Waals surface area contributed by atoms with Gasteiger partial charge in [0.05, 0.1) is 0 Å². The molecule has 74 valence electrons. The Morgan fingerprint density at radius 2 is 1.17 bits per heavy atom. The van der Waals surface area contributed by atoms with Crippen LogP contribution in [0.25, 0.3) is 0 Å². The fourth-order valence-electron chi connectivity index (χ4n) is 0.203. The van der Waals surface area contributed by atoms with E-state index in [1.807, 2.05) is 4.74 Å². The van der Waals surface area contributed by atoms with Gasteiger partial charge in [0, 0.05) is 0 Å². The Bertz CT molecular complexity index is 157. The Hall–Kier alpha value is -0.240. The van der Waals surface area contributed by atoms with Crippen LogP contribution in [0.15, 0.2) is 0 Å². The zero-order valence-corrected chi connectivity index (χ0v) is 5.69. The molecule has 0 aliphatic carbocycles. The molecule has 0 amide bonds. The van der Waals surface area contributed by atoms with Gasteiger partial charge in [0.1, 0.15) is 0 Å². The first-order valence-corrected chi connectivity index (χ1v) is 2.55. The zero-order valence-electron chi connectivity index (χ0n) is 4.93. The van der Waals surface area contributed by atoms with Crippen LogP contribution in [0.1, 0.15) is 0 Å². The highest BCUT2D eigenvalue weighted by Crippen LogP contribution is 2.42. The smallest absolute Gasteiger partial charge is 0.232 e. The van der Waals surface area contributed by atoms with Gasteiger partial charge >= 0.3 is 17.9 Å². The lowest BCUT2D eigenvalue weighted by atomic mass is 10.6. The highest BCUT2D eigenvalue weighted by atomic mass is 35.5. The Morgan fingerprint density at radius 1 is 0.833 bits per heavy atom. The summed E-state index contributed by atoms with van der Waals surface area (Å²) in [6, 6.07) is 0. The molecule has 0 aromatic rings. The van der Waals surface area contributed by atoms with Crippen LogP contribution >= 0.6 is 11.6 Å². The summed E-state index contributed by atoms with van der Waals surface area (Å²) in [5.74, 6) is 0. The molecule has 0 bridgehead atoms. The van der Waals surface area contributed by atoms with Gasteiger partial charge in [-0.1, -0.05) is 0 Å². The first kappa shape index (κ1) is 11.8. The van der Waals surface area contributed by atoms with Crippen LogP contribution in [-0.4, -0.2) is 17.9 Å². The maximum atomic E-state index is 11.8. The third-order valence-corrected chi connectivity index (χ3v) is 0.865. The van der Waals surface area contributed by atoms with Crippen LogP contribution < -0.4 is 0 Å². The number of halogens is 8. The first-order valence-electron chi connectivity index (χ1n) is 2.17. The predicted molar refractivity (Wildman–Crippen MR) is 22.9 cm³/mol. The molecule has 0 aromatic heterocycles. The van der Waals surface area contributed by atoms with E-state index in [9.17, 15) is 30.7 Å². The van der Waals surface area contributed by atoms with Gasteiger partial charge in [0.15, 0.2) is 0 Å². The number of hydrogen-bond donors (Lipinski definition) is 0. The van der Waals surface area contributed by atoms with Gasteiger partial charge < -0.3 is 0 Å². The number of ether oxygens (including phenoxy) is 1. The molecule has 0 saturated heterocycles. The summed E-state index contributed by atoms with van der Waals surface area (Å²) in [5, 5.41) is -5.23. The average Bonchev–Trinajstić information content (AvgIpc) is 1.52. The van der Waals surface area contributed by atoms with E-state index < -0.39 is 17.9 Å². The Balaban J connectivity index is 4.44. The van der Waals surface area contributed by atoms with Crippen molar-refractivity contribution in [3.63, 3.8) is 0 Å². The molecule has 9 heteroatoms. The molecule has 0 radical (unpaired) electrons. The lowest BCUT2D eigenvalue weighted by Crippen LogP contribution is -2.42. The third-order valence-electron chi connectivity index (χ3n) is 0.574. The van der Waals surface area contributed by atoms with Crippen LogP contribution in [-0.2, 0) is 4.74 Å². The van der Waals surface area contributed by atoms with Crippen LogP contribution in [0.3, 0.4) is 0 Å². The summed E-state index contributed by atoms with van der Waals surface area (Å²) in [7, 11) is 0. The van der Waals surface area contributed by atoms with E-state index >= 15 is 0 Å². The van der Waals surface area contributed by atoms with Crippen molar-refractivity contribution in [2.75, 3.05) is 0 Å². The number of hydrogen-bond acceptors (Lipinski definition) is 1. The van der Waals surface area contributed by atoms with Crippen molar-refractivity contribution in [3.05, 3.63) is 0 Å². The first-order chi connectivity index (χ1) is 4.96. The molecule has 12 heavy (non-hydrogen) atoms. The zero-order chi connectivity index (χ0) is 10.2. The Morgan fingerprint density at radius 3 is 1.25 bits per heavy atom. The number of rotatable bonds is 1. The van der Waals surface area contributed by atoms with E-state index in [1.165, 1.54) is 0 Å². The summed E-state index contributed by atoms with van der Waals surface area (Å²) in [5.41, 5.74) is 0. The monoisotopic (exact) mass is 220 g/mol. The van der Waals surface area contributed by atoms with Crippen molar-refractivity contribution < 1.29 is 35.5 Å². The fourth-order valence-corrected chi connectivity index (χ4v) is 0.291. The molecule has 0 heterocycles. The van der Waals surface area contributed by atoms with E-state index in [1.54, 1.807) is 0 Å². The van der Waals surface area contributed by atoms with E-state index in [-0.39, 0.29) is 0 Å². The van der Waals surface area contributed by atoms with E-state index in [2.05, 4.69) is 11.6 Å². The quantitative estimate of drug-likeness (QED) is 0.488. The van der Waals surface area contributed by atoms with Crippen molar-refractivity contribution in [2.45, 2.75) is 17.9 Å². The standard InChI is InChI=1S/C3ClF7O/c4-1(5,2(6,7)8)12-3(9,10)11. The van der Waals surface area contributed by atoms with Crippen molar-refractivity contribution in [3.8, 4) is 0 Å². The molecule has 0 rings (SSSR count). The molecule has 0 saturated carbocycles. The summed E-state index contributed by atoms with van der Waals surface area (Å²) < 4.78 is 80.6. The second kappa shape index (κ2) is 2.91. The van der Waals surface area contributed by atoms with Gasteiger partial charge in [-0.2, -0.15) is 17.6 Å². The summed E-state index contributed by atoms with van der Waals surface area (Å²) in [6.45, 7) is 0. The minimum absolute atomic E-state index is 1.96. The molecular formula is C3ClF7O. The molecule has 1 atom stereocenters. The van der Waals surface area contributed by atoms with Crippen LogP contribution in [0, 0.1) is 0 Å². The maximum absolute atomic E-state index is 11.8. The molecule has 1 unspecified atom stereocenters. The van der Waals surface area contributed by atoms with Crippen LogP contribution in [0.4, 0.5) is 30.7 Å². The van der Waals surface area contributed by atoms with Gasteiger partial charge in [0.2, 0.25) is 0 Å². The van der Waals surface area contributed by atoms with E-state index in [0.717, 1.165) is 0 Å². The second-order valence-electron chi connectivity index (χ2n) is 1.56. The minimum Gasteiger partial charge on any atom is -0.232 e. The van der Waals surface area contributed by atoms with Crippen molar-refractivity contribution in [1.82, 2.24) is 0 Å². The minimum atomic E-state index is -5.94. The van der Waals surface area contributed by atoms with Crippen LogP contribution in [0.2, 0.25) is 0 Å². The third kappa shape index (κ3) is 3.44. The normalized spacial score (nSPS) is 19.0. The summed E-state index contributed by atoms with van der Waals surface area (Å²) in [4.78, 5) is 0. The molecular weight excluding hydrogens is 220 g/mol. The van der Waals surface area contributed by atoms with Gasteiger partial charge in [-0.15, -0.1) is 13.2 Å². The van der Waals surface area contributed by atoms with Crippen molar-refractivity contribution >= 4 is 11.6 Å². The molecule has 0 aliphatic heterocycles. The van der Waals surface area contributed by atoms with Gasteiger partial charge in [-0.05, 0) is 11.6 Å². The lowest BCUT2D eigenvalue weighted by molar-refractivity contribution is -0.420. The molecule has 0 aliphatic rings. The van der Waals surface area contributed by atoms with Gasteiger partial charge in [-0.3, -0.25) is 0 Å². The molecule has 0 N–H and O–H groups in total. The predicted octanol–water partition coefficient (Wildman–Crippen LogP) is 2.95. The van der Waals surface area contributed by atoms with Crippen molar-refractivity contribution in [2.24, 2.45) is 0 Å². The molecule has 0 aromatic carbocycles. The molecule has 0 spiro atoms. The van der Waals surface area contributed by atoms with E-state index in [0.29, 0.717) is 0 Å². The summed E-state index contributed by atoms with van der Waals surface area (Å²) >= 11 is 3.76. The SMILES string of the molecule is FC(F)(F)OC(F)(Cl)C(F)(F)F. The van der Waals surface area contributed by atoms with Gasteiger partial charge in [0.25, 0.3) is 0 Å². The second-order valence-corrected chi connectivity index (χ2v) is 2.05. The van der Waals surface area contributed by atoms with Crippen LogP contribution in [0.5, 0.6) is 0 Å². The maximum Gasteiger partial charge on any atom is 0.526 e. The lowest BCUT2D eigenvalue weighted by Gasteiger charge is -2.21. The molecule has 0 fully saturated rings. The number of alkyl halides is 8. The highest BCUT2D eigenvalue weighted by Gasteiger charge is 2.62. The Kier molecular flexibility index (Phi) is 2.85. The Labute approximate surface area is 66.0 Å². The van der Waals surface area contributed by atoms with E-state index in [4.69, 9.17) is 0 Å². The average molecular weight is 220 g/mol. The summed E-state index contributed by atoms with van der Waals surface area (Å²) in [6.07, 6.45) is -11.7. The molecule has 1 nitrogen and oxygen atoms in total. The topological polar surface area (TPSA) is 9.23 Å². The van der Waals surface area contributed by atoms with Gasteiger partial charge in [-0.25, -0.2) is 4.74 Å². The fraction of sp³-hybridized carbons (Fsp3) is 1.00. The largest absolute Gasteiger partial charge is 0.526 e. The van der Waals surface area contributed by atoms with Crippen molar-refractivity contribution in [1.29, 1.82) is 0 Å².